The van der Waals surface area contributed by atoms with E-state index in [2.05, 4.69) is 20.1 Å². The second kappa shape index (κ2) is 3.18. The molecule has 0 bridgehead atoms. The van der Waals surface area contributed by atoms with Gasteiger partial charge in [0.15, 0.2) is 6.33 Å². The Balaban J connectivity index is 2.41. The van der Waals surface area contributed by atoms with Crippen LogP contribution in [0, 0.1) is 0 Å². The highest BCUT2D eigenvalue weighted by molar-refractivity contribution is 5.46. The summed E-state index contributed by atoms with van der Waals surface area (Å²) in [6.45, 7) is 0. The lowest BCUT2D eigenvalue weighted by Crippen LogP contribution is -1.90. The van der Waals surface area contributed by atoms with Crippen LogP contribution in [0.3, 0.4) is 0 Å². The summed E-state index contributed by atoms with van der Waals surface area (Å²) in [5.74, 6) is 0.809. The Morgan fingerprint density at radius 1 is 1.23 bits per heavy atom. The highest BCUT2D eigenvalue weighted by Crippen LogP contribution is 2.15. The predicted molar refractivity (Wildman–Crippen MR) is 41.9 cm³/mol. The van der Waals surface area contributed by atoms with Crippen LogP contribution in [-0.4, -0.2) is 27.2 Å². The third kappa shape index (κ3) is 1.46. The largest absolute Gasteiger partial charge is 0.481 e. The average Bonchev–Trinajstić information content (AvgIpc) is 2.71. The molecule has 0 saturated carbocycles. The predicted octanol–water partition coefficient (Wildman–Crippen LogP) is 0.535. The molecule has 0 fully saturated rings. The van der Waals surface area contributed by atoms with Crippen molar-refractivity contribution in [2.45, 2.75) is 0 Å². The number of hydrogen-bond acceptors (Lipinski definition) is 6. The van der Waals surface area contributed by atoms with Gasteiger partial charge < -0.3 is 9.26 Å². The van der Waals surface area contributed by atoms with Gasteiger partial charge in [-0.05, 0) is 0 Å². The minimum absolute atomic E-state index is 0.348. The fraction of sp³-hybridized carbons (Fsp3) is 0.143. The van der Waals surface area contributed by atoms with E-state index in [4.69, 9.17) is 9.26 Å². The molecule has 2 aromatic rings. The lowest BCUT2D eigenvalue weighted by Gasteiger charge is -1.97. The van der Waals surface area contributed by atoms with Gasteiger partial charge in [-0.15, -0.1) is 0 Å². The van der Waals surface area contributed by atoms with E-state index in [-0.39, 0.29) is 0 Å². The lowest BCUT2D eigenvalue weighted by molar-refractivity contribution is 0.395. The maximum Gasteiger partial charge on any atom is 0.276 e. The topological polar surface area (TPSA) is 73.9 Å². The van der Waals surface area contributed by atoms with Crippen LogP contribution in [0.5, 0.6) is 5.88 Å². The Hall–Kier alpha value is -1.98. The molecule has 0 amide bonds. The quantitative estimate of drug-likeness (QED) is 0.667. The van der Waals surface area contributed by atoms with Crippen molar-refractivity contribution in [3.05, 3.63) is 18.7 Å². The minimum Gasteiger partial charge on any atom is -0.481 e. The fourth-order valence-corrected chi connectivity index (χ4v) is 0.854. The Morgan fingerprint density at radius 3 is 2.85 bits per heavy atom. The number of nitrogens with zero attached hydrogens (tertiary/aromatic N) is 4. The maximum atomic E-state index is 4.91. The molecular formula is C7H6N4O2. The van der Waals surface area contributed by atoms with Crippen molar-refractivity contribution in [3.63, 3.8) is 0 Å². The fourth-order valence-electron chi connectivity index (χ4n) is 0.854. The summed E-state index contributed by atoms with van der Waals surface area (Å²) in [5.41, 5.74) is 0.546. The highest BCUT2D eigenvalue weighted by Gasteiger charge is 2.06. The lowest BCUT2D eigenvalue weighted by atomic mass is 10.4. The second-order valence-corrected chi connectivity index (χ2v) is 2.19. The van der Waals surface area contributed by atoms with E-state index < -0.39 is 0 Å². The van der Waals surface area contributed by atoms with E-state index in [9.17, 15) is 0 Å². The molecule has 66 valence electrons. The van der Waals surface area contributed by atoms with Crippen molar-refractivity contribution in [1.29, 1.82) is 0 Å². The van der Waals surface area contributed by atoms with Crippen molar-refractivity contribution in [2.75, 3.05) is 7.11 Å². The first kappa shape index (κ1) is 7.66. The van der Waals surface area contributed by atoms with Crippen LogP contribution in [0.4, 0.5) is 0 Å². The SMILES string of the molecule is COc1cc(-c2ncno2)ncn1. The Labute approximate surface area is 73.6 Å². The monoisotopic (exact) mass is 178 g/mol. The molecule has 0 unspecified atom stereocenters. The van der Waals surface area contributed by atoms with E-state index in [1.54, 1.807) is 6.07 Å². The number of methoxy groups -OCH3 is 1. The molecule has 0 aromatic carbocycles. The maximum absolute atomic E-state index is 4.91. The molecule has 2 aromatic heterocycles. The minimum atomic E-state index is 0.348. The first-order chi connectivity index (χ1) is 6.40. The number of ether oxygens (including phenoxy) is 1. The zero-order chi connectivity index (χ0) is 9.10. The van der Waals surface area contributed by atoms with Gasteiger partial charge in [0, 0.05) is 6.07 Å². The standard InChI is InChI=1S/C7H6N4O2/c1-12-6-2-5(8-3-9-6)7-10-4-11-13-7/h2-4H,1H3. The third-order valence-electron chi connectivity index (χ3n) is 1.43. The first-order valence-electron chi connectivity index (χ1n) is 3.53. The number of hydrogen-bond donors (Lipinski definition) is 0. The van der Waals surface area contributed by atoms with Gasteiger partial charge in [-0.25, -0.2) is 9.97 Å². The molecule has 0 atom stereocenters. The van der Waals surface area contributed by atoms with E-state index >= 15 is 0 Å². The number of rotatable bonds is 2. The van der Waals surface area contributed by atoms with Gasteiger partial charge in [0.05, 0.1) is 7.11 Å². The van der Waals surface area contributed by atoms with Gasteiger partial charge in [-0.1, -0.05) is 5.16 Å². The smallest absolute Gasteiger partial charge is 0.276 e. The van der Waals surface area contributed by atoms with Crippen molar-refractivity contribution >= 4 is 0 Å². The van der Waals surface area contributed by atoms with Crippen LogP contribution in [0.25, 0.3) is 11.6 Å². The summed E-state index contributed by atoms with van der Waals surface area (Å²) >= 11 is 0. The van der Waals surface area contributed by atoms with Crippen LogP contribution in [0.15, 0.2) is 23.2 Å². The van der Waals surface area contributed by atoms with Gasteiger partial charge in [0.2, 0.25) is 5.88 Å². The van der Waals surface area contributed by atoms with Crippen molar-refractivity contribution in [3.8, 4) is 17.5 Å². The molecule has 6 heteroatoms. The number of aromatic nitrogens is 4. The second-order valence-electron chi connectivity index (χ2n) is 2.19. The molecular weight excluding hydrogens is 172 g/mol. The normalized spacial score (nSPS) is 9.92. The van der Waals surface area contributed by atoms with Gasteiger partial charge in [0.1, 0.15) is 12.0 Å². The van der Waals surface area contributed by atoms with Gasteiger partial charge >= 0.3 is 0 Å². The summed E-state index contributed by atoms with van der Waals surface area (Å²) in [7, 11) is 1.53. The molecule has 0 aliphatic carbocycles. The Bertz CT molecular complexity index is 387. The first-order valence-corrected chi connectivity index (χ1v) is 3.53. The van der Waals surface area contributed by atoms with Crippen LogP contribution in [-0.2, 0) is 0 Å². The van der Waals surface area contributed by atoms with Crippen LogP contribution in [0.1, 0.15) is 0 Å². The molecule has 0 aliphatic rings. The van der Waals surface area contributed by atoms with Crippen molar-refractivity contribution < 1.29 is 9.26 Å². The van der Waals surface area contributed by atoms with E-state index in [0.717, 1.165) is 0 Å². The zero-order valence-electron chi connectivity index (χ0n) is 6.84. The van der Waals surface area contributed by atoms with E-state index in [1.807, 2.05) is 0 Å². The Kier molecular flexibility index (Phi) is 1.87. The average molecular weight is 178 g/mol. The zero-order valence-corrected chi connectivity index (χ0v) is 6.84. The summed E-state index contributed by atoms with van der Waals surface area (Å²) in [5, 5.41) is 3.47. The summed E-state index contributed by atoms with van der Waals surface area (Å²) < 4.78 is 9.72. The molecule has 2 rings (SSSR count). The molecule has 13 heavy (non-hydrogen) atoms. The van der Waals surface area contributed by atoms with Gasteiger partial charge in [0.25, 0.3) is 5.89 Å². The van der Waals surface area contributed by atoms with Crippen molar-refractivity contribution in [1.82, 2.24) is 20.1 Å². The summed E-state index contributed by atoms with van der Waals surface area (Å²) in [6.07, 6.45) is 2.68. The van der Waals surface area contributed by atoms with Gasteiger partial charge in [-0.3, -0.25) is 0 Å². The molecule has 0 spiro atoms. The molecule has 0 saturated heterocycles. The Morgan fingerprint density at radius 2 is 2.15 bits per heavy atom. The molecule has 0 radical (unpaired) electrons. The molecule has 0 aliphatic heterocycles. The summed E-state index contributed by atoms with van der Waals surface area (Å²) in [4.78, 5) is 11.6. The molecule has 2 heterocycles. The molecule has 0 N–H and O–H groups in total. The van der Waals surface area contributed by atoms with Crippen molar-refractivity contribution in [2.24, 2.45) is 0 Å². The third-order valence-corrected chi connectivity index (χ3v) is 1.43. The van der Waals surface area contributed by atoms with Crippen LogP contribution < -0.4 is 4.74 Å². The van der Waals surface area contributed by atoms with E-state index in [0.29, 0.717) is 17.5 Å². The van der Waals surface area contributed by atoms with E-state index in [1.165, 1.54) is 19.8 Å². The summed E-state index contributed by atoms with van der Waals surface area (Å²) in [6, 6.07) is 1.62. The van der Waals surface area contributed by atoms with Crippen LogP contribution in [0.2, 0.25) is 0 Å². The van der Waals surface area contributed by atoms with Gasteiger partial charge in [-0.2, -0.15) is 4.98 Å². The highest BCUT2D eigenvalue weighted by atomic mass is 16.5. The van der Waals surface area contributed by atoms with Crippen LogP contribution >= 0.6 is 0 Å². The molecule has 6 nitrogen and oxygen atoms in total.